The number of carbonyl (C=O) groups is 1. The van der Waals surface area contributed by atoms with Crippen molar-refractivity contribution < 1.29 is 14.6 Å². The highest BCUT2D eigenvalue weighted by Crippen LogP contribution is 2.15. The van der Waals surface area contributed by atoms with E-state index in [0.717, 1.165) is 13.1 Å². The van der Waals surface area contributed by atoms with Gasteiger partial charge in [-0.2, -0.15) is 0 Å². The predicted octanol–water partition coefficient (Wildman–Crippen LogP) is 0.996. The van der Waals surface area contributed by atoms with Gasteiger partial charge < -0.3 is 20.1 Å². The van der Waals surface area contributed by atoms with Gasteiger partial charge in [0.1, 0.15) is 5.75 Å². The molecule has 21 heavy (non-hydrogen) atoms. The molecule has 1 aromatic rings. The summed E-state index contributed by atoms with van der Waals surface area (Å²) in [6, 6.07) is 6.84. The predicted molar refractivity (Wildman–Crippen MR) is 80.6 cm³/mol. The van der Waals surface area contributed by atoms with Crippen LogP contribution in [0.4, 0.5) is 4.79 Å². The Morgan fingerprint density at radius 1 is 1.24 bits per heavy atom. The molecule has 0 radical (unpaired) electrons. The zero-order valence-corrected chi connectivity index (χ0v) is 12.6. The van der Waals surface area contributed by atoms with E-state index in [1.165, 1.54) is 0 Å². The lowest BCUT2D eigenvalue weighted by Gasteiger charge is -2.34. The van der Waals surface area contributed by atoms with Crippen LogP contribution in [-0.4, -0.2) is 67.0 Å². The third-order valence-electron chi connectivity index (χ3n) is 3.35. The van der Waals surface area contributed by atoms with Crippen molar-refractivity contribution in [2.24, 2.45) is 0 Å². The lowest BCUT2D eigenvalue weighted by Crippen LogP contribution is -2.52. The number of rotatable bonds is 5. The number of ether oxygens (including phenoxy) is 1. The summed E-state index contributed by atoms with van der Waals surface area (Å²) in [6.07, 6.45) is 0. The average Bonchev–Trinajstić information content (AvgIpc) is 2.50. The van der Waals surface area contributed by atoms with Crippen LogP contribution >= 0.6 is 11.6 Å². The van der Waals surface area contributed by atoms with Gasteiger partial charge in [0.25, 0.3) is 0 Å². The van der Waals surface area contributed by atoms with Gasteiger partial charge in [0, 0.05) is 37.7 Å². The maximum atomic E-state index is 12.0. The van der Waals surface area contributed by atoms with Crippen molar-refractivity contribution in [1.29, 1.82) is 0 Å². The number of piperazine rings is 1. The molecule has 1 aliphatic rings. The second-order valence-electron chi connectivity index (χ2n) is 4.78. The zero-order chi connectivity index (χ0) is 15.1. The number of halogens is 1. The molecule has 1 heterocycles. The van der Waals surface area contributed by atoms with Gasteiger partial charge in [-0.3, -0.25) is 4.90 Å². The third-order valence-corrected chi connectivity index (χ3v) is 3.60. The molecule has 0 saturated carbocycles. The van der Waals surface area contributed by atoms with Crippen LogP contribution in [0.1, 0.15) is 0 Å². The van der Waals surface area contributed by atoms with Crippen LogP contribution in [0.25, 0.3) is 0 Å². The summed E-state index contributed by atoms with van der Waals surface area (Å²) in [4.78, 5) is 15.8. The summed E-state index contributed by atoms with van der Waals surface area (Å²) < 4.78 is 5.42. The number of amides is 2. The van der Waals surface area contributed by atoms with Crippen molar-refractivity contribution in [2.75, 3.05) is 46.1 Å². The molecule has 1 fully saturated rings. The summed E-state index contributed by atoms with van der Waals surface area (Å²) >= 11 is 5.78. The Morgan fingerprint density at radius 2 is 1.90 bits per heavy atom. The summed E-state index contributed by atoms with van der Waals surface area (Å²) in [5, 5.41) is 12.2. The summed E-state index contributed by atoms with van der Waals surface area (Å²) in [5.74, 6) is 0.660. The SMILES string of the molecule is O=C(NCOc1ccc(Cl)cc1)N1CCN(CCO)CC1. The van der Waals surface area contributed by atoms with E-state index in [1.54, 1.807) is 29.2 Å². The van der Waals surface area contributed by atoms with Gasteiger partial charge in [0.2, 0.25) is 0 Å². The highest BCUT2D eigenvalue weighted by atomic mass is 35.5. The second kappa shape index (κ2) is 8.07. The minimum atomic E-state index is -0.132. The van der Waals surface area contributed by atoms with E-state index in [2.05, 4.69) is 10.2 Å². The fraction of sp³-hybridized carbons (Fsp3) is 0.500. The van der Waals surface area contributed by atoms with Crippen molar-refractivity contribution in [1.82, 2.24) is 15.1 Å². The van der Waals surface area contributed by atoms with E-state index in [4.69, 9.17) is 21.4 Å². The number of aliphatic hydroxyl groups excluding tert-OH is 1. The van der Waals surface area contributed by atoms with Crippen molar-refractivity contribution in [3.8, 4) is 5.75 Å². The molecule has 2 N–H and O–H groups in total. The first kappa shape index (κ1) is 15.9. The van der Waals surface area contributed by atoms with Crippen LogP contribution in [0.3, 0.4) is 0 Å². The smallest absolute Gasteiger partial charge is 0.320 e. The number of nitrogens with one attached hydrogen (secondary N) is 1. The minimum absolute atomic E-state index is 0.122. The van der Waals surface area contributed by atoms with E-state index in [0.29, 0.717) is 30.4 Å². The molecule has 2 amide bonds. The molecule has 2 rings (SSSR count). The summed E-state index contributed by atoms with van der Waals surface area (Å²) in [5.41, 5.74) is 0. The fourth-order valence-electron chi connectivity index (χ4n) is 2.14. The summed E-state index contributed by atoms with van der Waals surface area (Å²) in [7, 11) is 0. The largest absolute Gasteiger partial charge is 0.473 e. The van der Waals surface area contributed by atoms with Gasteiger partial charge in [0.05, 0.1) is 6.61 Å². The van der Waals surface area contributed by atoms with E-state index in [9.17, 15) is 4.79 Å². The lowest BCUT2D eigenvalue weighted by atomic mass is 10.3. The van der Waals surface area contributed by atoms with Gasteiger partial charge in [-0.05, 0) is 24.3 Å². The Morgan fingerprint density at radius 3 is 2.52 bits per heavy atom. The maximum Gasteiger partial charge on any atom is 0.320 e. The van der Waals surface area contributed by atoms with Gasteiger partial charge in [0.15, 0.2) is 6.73 Å². The molecule has 0 aromatic heterocycles. The van der Waals surface area contributed by atoms with Crippen LogP contribution in [-0.2, 0) is 0 Å². The number of benzene rings is 1. The van der Waals surface area contributed by atoms with Crippen molar-refractivity contribution in [3.63, 3.8) is 0 Å². The average molecular weight is 314 g/mol. The van der Waals surface area contributed by atoms with Crippen LogP contribution in [0.2, 0.25) is 5.02 Å². The number of nitrogens with zero attached hydrogens (tertiary/aromatic N) is 2. The molecule has 6 nitrogen and oxygen atoms in total. The van der Waals surface area contributed by atoms with Crippen molar-refractivity contribution in [3.05, 3.63) is 29.3 Å². The third kappa shape index (κ3) is 5.08. The van der Waals surface area contributed by atoms with Crippen molar-refractivity contribution >= 4 is 17.6 Å². The molecular formula is C14H20ClN3O3. The molecule has 0 bridgehead atoms. The first-order chi connectivity index (χ1) is 10.2. The zero-order valence-electron chi connectivity index (χ0n) is 11.8. The standard InChI is InChI=1S/C14H20ClN3O3/c15-12-1-3-13(4-2-12)21-11-16-14(20)18-7-5-17(6-8-18)9-10-19/h1-4,19H,5-11H2,(H,16,20). The molecule has 0 aliphatic carbocycles. The first-order valence-corrected chi connectivity index (χ1v) is 7.31. The Labute approximate surface area is 129 Å². The molecule has 0 atom stereocenters. The van der Waals surface area contributed by atoms with Crippen LogP contribution in [0, 0.1) is 0 Å². The lowest BCUT2D eigenvalue weighted by molar-refractivity contribution is 0.119. The molecule has 116 valence electrons. The van der Waals surface area contributed by atoms with Crippen molar-refractivity contribution in [2.45, 2.75) is 0 Å². The number of hydrogen-bond donors (Lipinski definition) is 2. The molecule has 1 saturated heterocycles. The van der Waals surface area contributed by atoms with E-state index in [-0.39, 0.29) is 19.4 Å². The van der Waals surface area contributed by atoms with E-state index >= 15 is 0 Å². The molecule has 0 spiro atoms. The van der Waals surface area contributed by atoms with Crippen LogP contribution in [0.15, 0.2) is 24.3 Å². The highest BCUT2D eigenvalue weighted by molar-refractivity contribution is 6.30. The normalized spacial score (nSPS) is 15.8. The molecular weight excluding hydrogens is 294 g/mol. The van der Waals surface area contributed by atoms with Gasteiger partial charge in [-0.1, -0.05) is 11.6 Å². The molecule has 1 aliphatic heterocycles. The van der Waals surface area contributed by atoms with E-state index in [1.807, 2.05) is 0 Å². The fourth-order valence-corrected chi connectivity index (χ4v) is 2.27. The second-order valence-corrected chi connectivity index (χ2v) is 5.21. The number of aliphatic hydroxyl groups is 1. The number of β-amino-alcohol motifs (C(OH)–C–C–N with tert-alkyl or cyclic N) is 1. The number of carbonyl (C=O) groups excluding carboxylic acids is 1. The maximum absolute atomic E-state index is 12.0. The molecule has 0 unspecified atom stereocenters. The number of hydrogen-bond acceptors (Lipinski definition) is 4. The quantitative estimate of drug-likeness (QED) is 0.796. The van der Waals surface area contributed by atoms with Gasteiger partial charge in [-0.25, -0.2) is 4.79 Å². The molecule has 7 heteroatoms. The minimum Gasteiger partial charge on any atom is -0.473 e. The van der Waals surface area contributed by atoms with E-state index < -0.39 is 0 Å². The van der Waals surface area contributed by atoms with Gasteiger partial charge in [-0.15, -0.1) is 0 Å². The Hall–Kier alpha value is -1.50. The molecule has 1 aromatic carbocycles. The first-order valence-electron chi connectivity index (χ1n) is 6.93. The number of urea groups is 1. The Balaban J connectivity index is 1.67. The van der Waals surface area contributed by atoms with Gasteiger partial charge >= 0.3 is 6.03 Å². The highest BCUT2D eigenvalue weighted by Gasteiger charge is 2.20. The topological polar surface area (TPSA) is 65.0 Å². The Bertz CT molecular complexity index is 447. The van der Waals surface area contributed by atoms with Crippen LogP contribution in [0.5, 0.6) is 5.75 Å². The monoisotopic (exact) mass is 313 g/mol. The Kier molecular flexibility index (Phi) is 6.10. The van der Waals surface area contributed by atoms with Crippen LogP contribution < -0.4 is 10.1 Å². The summed E-state index contributed by atoms with van der Waals surface area (Å²) in [6.45, 7) is 3.82.